The van der Waals surface area contributed by atoms with E-state index in [1.807, 2.05) is 0 Å². The van der Waals surface area contributed by atoms with Crippen molar-refractivity contribution < 1.29 is 22.7 Å². The summed E-state index contributed by atoms with van der Waals surface area (Å²) in [4.78, 5) is 11.2. The van der Waals surface area contributed by atoms with Gasteiger partial charge in [0.2, 0.25) is 0 Å². The molecular weight excluding hydrogens is 303 g/mol. The predicted octanol–water partition coefficient (Wildman–Crippen LogP) is 3.89. The number of ether oxygens (including phenoxy) is 1. The molecule has 1 aliphatic heterocycles. The molecule has 0 unspecified atom stereocenters. The van der Waals surface area contributed by atoms with Crippen molar-refractivity contribution in [2.24, 2.45) is 0 Å². The molecular formula is C11H11ClF3NO2S. The molecule has 8 heteroatoms. The summed E-state index contributed by atoms with van der Waals surface area (Å²) in [5.41, 5.74) is -3.87. The summed E-state index contributed by atoms with van der Waals surface area (Å²) in [6.07, 6.45) is -0.140. The maximum Gasteiger partial charge on any atom is 0.446 e. The molecule has 1 saturated heterocycles. The zero-order chi connectivity index (χ0) is 13.2. The first-order chi connectivity index (χ1) is 8.46. The van der Waals surface area contributed by atoms with E-state index < -0.39 is 17.6 Å². The highest BCUT2D eigenvalue weighted by Crippen LogP contribution is 2.40. The highest BCUT2D eigenvalue weighted by molar-refractivity contribution is 8.00. The topological polar surface area (TPSA) is 38.3 Å². The number of thioether (sulfide) groups is 1. The normalized spacial score (nSPS) is 19.1. The van der Waals surface area contributed by atoms with Gasteiger partial charge in [0.05, 0.1) is 12.6 Å². The zero-order valence-corrected chi connectivity index (χ0v) is 11.2. The van der Waals surface area contributed by atoms with Crippen molar-refractivity contribution in [2.75, 3.05) is 6.61 Å². The van der Waals surface area contributed by atoms with Crippen molar-refractivity contribution in [1.82, 2.24) is 5.32 Å². The van der Waals surface area contributed by atoms with Crippen LogP contribution in [0.15, 0.2) is 29.2 Å². The molecule has 0 aliphatic carbocycles. The molecule has 1 N–H and O–H groups in total. The second-order valence-corrected chi connectivity index (χ2v) is 4.81. The monoisotopic (exact) mass is 313 g/mol. The number of alkyl halides is 3. The van der Waals surface area contributed by atoms with Crippen LogP contribution in [0.4, 0.5) is 18.0 Å². The number of hydrogen-bond donors (Lipinski definition) is 1. The molecule has 1 heterocycles. The number of alkyl carbamates (subject to hydrolysis) is 1. The summed E-state index contributed by atoms with van der Waals surface area (Å²) >= 11 is -0.170. The van der Waals surface area contributed by atoms with Crippen molar-refractivity contribution in [3.8, 4) is 0 Å². The lowest BCUT2D eigenvalue weighted by Crippen LogP contribution is -2.35. The fourth-order valence-corrected chi connectivity index (χ4v) is 2.47. The Kier molecular flexibility index (Phi) is 5.37. The van der Waals surface area contributed by atoms with Gasteiger partial charge in [0.15, 0.2) is 0 Å². The molecule has 0 spiro atoms. The summed E-state index contributed by atoms with van der Waals surface area (Å²) in [6, 6.07) is 5.74. The molecule has 0 saturated carbocycles. The predicted molar refractivity (Wildman–Crippen MR) is 67.4 cm³/mol. The number of nitrogens with one attached hydrogen (secondary N) is 1. The van der Waals surface area contributed by atoms with E-state index >= 15 is 0 Å². The van der Waals surface area contributed by atoms with Gasteiger partial charge in [-0.25, -0.2) is 4.79 Å². The minimum absolute atomic E-state index is 0. The number of amides is 1. The lowest BCUT2D eigenvalue weighted by molar-refractivity contribution is -0.0328. The van der Waals surface area contributed by atoms with Gasteiger partial charge in [0, 0.05) is 11.3 Å². The average Bonchev–Trinajstić information content (AvgIpc) is 2.27. The Morgan fingerprint density at radius 1 is 1.32 bits per heavy atom. The van der Waals surface area contributed by atoms with Crippen LogP contribution in [0, 0.1) is 0 Å². The lowest BCUT2D eigenvalue weighted by atomic mass is 10.0. The average molecular weight is 314 g/mol. The summed E-state index contributed by atoms with van der Waals surface area (Å²) in [5, 5.41) is 2.52. The maximum atomic E-state index is 12.4. The lowest BCUT2D eigenvalue weighted by Gasteiger charge is -2.25. The zero-order valence-electron chi connectivity index (χ0n) is 9.57. The number of rotatable bonds is 2. The van der Waals surface area contributed by atoms with Crippen LogP contribution in [0.3, 0.4) is 0 Å². The van der Waals surface area contributed by atoms with E-state index in [1.165, 1.54) is 6.07 Å². The summed E-state index contributed by atoms with van der Waals surface area (Å²) in [7, 11) is 0. The first-order valence-corrected chi connectivity index (χ1v) is 6.05. The van der Waals surface area contributed by atoms with Crippen LogP contribution in [0.2, 0.25) is 0 Å². The summed E-state index contributed by atoms with van der Waals surface area (Å²) in [6.45, 7) is 0.210. The fraction of sp³-hybridized carbons (Fsp3) is 0.364. The molecule has 1 fully saturated rings. The minimum Gasteiger partial charge on any atom is -0.449 e. The summed E-state index contributed by atoms with van der Waals surface area (Å²) in [5.74, 6) is 0. The first kappa shape index (κ1) is 16.0. The second kappa shape index (κ2) is 6.38. The van der Waals surface area contributed by atoms with Gasteiger partial charge >= 0.3 is 11.6 Å². The molecule has 1 aromatic carbocycles. The first-order valence-electron chi connectivity index (χ1n) is 5.24. The van der Waals surface area contributed by atoms with Crippen LogP contribution in [-0.4, -0.2) is 18.2 Å². The Balaban J connectivity index is 0.00000180. The van der Waals surface area contributed by atoms with Crippen LogP contribution in [0.25, 0.3) is 0 Å². The third-order valence-electron chi connectivity index (χ3n) is 2.45. The van der Waals surface area contributed by atoms with Gasteiger partial charge in [0.25, 0.3) is 0 Å². The Labute approximate surface area is 118 Å². The number of halogens is 4. The smallest absolute Gasteiger partial charge is 0.446 e. The Morgan fingerprint density at radius 3 is 2.63 bits per heavy atom. The molecule has 106 valence electrons. The minimum atomic E-state index is -4.34. The van der Waals surface area contributed by atoms with Crippen molar-refractivity contribution >= 4 is 30.3 Å². The van der Waals surface area contributed by atoms with Gasteiger partial charge < -0.3 is 10.1 Å². The number of carbonyl (C=O) groups excluding carboxylic acids is 1. The highest BCUT2D eigenvalue weighted by Gasteiger charge is 2.32. The van der Waals surface area contributed by atoms with Gasteiger partial charge in [-0.1, -0.05) is 18.2 Å². The molecule has 1 aromatic rings. The highest BCUT2D eigenvalue weighted by atomic mass is 35.5. The molecule has 19 heavy (non-hydrogen) atoms. The van der Waals surface area contributed by atoms with E-state index in [2.05, 4.69) is 5.32 Å². The van der Waals surface area contributed by atoms with Crippen LogP contribution in [-0.2, 0) is 4.74 Å². The molecule has 1 aliphatic rings. The van der Waals surface area contributed by atoms with Crippen molar-refractivity contribution in [1.29, 1.82) is 0 Å². The largest absolute Gasteiger partial charge is 0.449 e. The second-order valence-electron chi connectivity index (χ2n) is 3.71. The van der Waals surface area contributed by atoms with E-state index in [1.54, 1.807) is 18.2 Å². The molecule has 1 atom stereocenters. The number of cyclic esters (lactones) is 1. The fourth-order valence-electron chi connectivity index (χ4n) is 1.74. The SMILES string of the molecule is Cl.O=C1N[C@H](c2ccccc2SC(F)(F)F)CCO1. The molecule has 0 radical (unpaired) electrons. The van der Waals surface area contributed by atoms with Gasteiger partial charge in [-0.15, -0.1) is 12.4 Å². The summed E-state index contributed by atoms with van der Waals surface area (Å²) < 4.78 is 41.9. The van der Waals surface area contributed by atoms with Crippen LogP contribution in [0.1, 0.15) is 18.0 Å². The Bertz CT molecular complexity index is 456. The number of carbonyl (C=O) groups is 1. The van der Waals surface area contributed by atoms with Crippen molar-refractivity contribution in [3.63, 3.8) is 0 Å². The van der Waals surface area contributed by atoms with E-state index in [-0.39, 0.29) is 35.7 Å². The molecule has 3 nitrogen and oxygen atoms in total. The third kappa shape index (κ3) is 4.50. The van der Waals surface area contributed by atoms with E-state index in [0.29, 0.717) is 12.0 Å². The molecule has 2 rings (SSSR count). The molecule has 0 aromatic heterocycles. The van der Waals surface area contributed by atoms with Gasteiger partial charge in [0.1, 0.15) is 0 Å². The molecule has 1 amide bonds. The number of benzene rings is 1. The van der Waals surface area contributed by atoms with E-state index in [9.17, 15) is 18.0 Å². The van der Waals surface area contributed by atoms with Gasteiger partial charge in [-0.05, 0) is 23.4 Å². The van der Waals surface area contributed by atoms with Crippen molar-refractivity contribution in [3.05, 3.63) is 29.8 Å². The van der Waals surface area contributed by atoms with E-state index in [4.69, 9.17) is 4.74 Å². The number of hydrogen-bond acceptors (Lipinski definition) is 3. The van der Waals surface area contributed by atoms with Crippen LogP contribution >= 0.6 is 24.2 Å². The molecule has 0 bridgehead atoms. The Hall–Kier alpha value is -1.08. The van der Waals surface area contributed by atoms with Crippen molar-refractivity contribution in [2.45, 2.75) is 22.9 Å². The van der Waals surface area contributed by atoms with Crippen LogP contribution < -0.4 is 5.32 Å². The Morgan fingerprint density at radius 2 is 2.00 bits per heavy atom. The maximum absolute atomic E-state index is 12.4. The van der Waals surface area contributed by atoms with Gasteiger partial charge in [-0.2, -0.15) is 13.2 Å². The van der Waals surface area contributed by atoms with Crippen LogP contribution in [0.5, 0.6) is 0 Å². The standard InChI is InChI=1S/C11H10F3NO2S.ClH/c12-11(13,14)18-9-4-2-1-3-7(9)8-5-6-17-10(16)15-8;/h1-4,8H,5-6H2,(H,15,16);1H/t8-;/m0./s1. The third-order valence-corrected chi connectivity index (χ3v) is 3.28. The quantitative estimate of drug-likeness (QED) is 0.842. The van der Waals surface area contributed by atoms with Gasteiger partial charge in [-0.3, -0.25) is 0 Å². The van der Waals surface area contributed by atoms with E-state index in [0.717, 1.165) is 0 Å².